The number of carbonyl (C=O) groups excluding carboxylic acids is 4. The minimum atomic E-state index is -1.08. The fourth-order valence-electron chi connectivity index (χ4n) is 0.531. The summed E-state index contributed by atoms with van der Waals surface area (Å²) in [5, 5.41) is 0. The Kier molecular flexibility index (Phi) is 16.0. The molecule has 0 rings (SSSR count). The van der Waals surface area contributed by atoms with Crippen LogP contribution in [-0.4, -0.2) is 36.5 Å². The standard InChI is InChI=1S/2C5H6FO2.Cu/c2*1-4(7)2-5(8)3-6;/h2*2H,3H2,1H3;/q2*-1;+2. The van der Waals surface area contributed by atoms with Crippen LogP contribution in [0.2, 0.25) is 0 Å². The molecule has 0 N–H and O–H groups in total. The molecule has 101 valence electrons. The maximum absolute atomic E-state index is 11.2. The number of halogens is 2. The van der Waals surface area contributed by atoms with Crippen LogP contribution in [0.1, 0.15) is 13.8 Å². The van der Waals surface area contributed by atoms with Crippen molar-refractivity contribution < 1.29 is 45.0 Å². The van der Waals surface area contributed by atoms with E-state index in [1.807, 2.05) is 0 Å². The Morgan fingerprint density at radius 1 is 0.824 bits per heavy atom. The molecule has 0 heterocycles. The van der Waals surface area contributed by atoms with Crippen molar-refractivity contribution in [1.82, 2.24) is 0 Å². The van der Waals surface area contributed by atoms with Crippen molar-refractivity contribution in [3.05, 3.63) is 12.8 Å². The molecule has 0 aliphatic heterocycles. The fraction of sp³-hybridized carbons (Fsp3) is 0.400. The number of Topliss-reactive ketones (excluding diaryl/α,β-unsaturated/α-hetero) is 4. The van der Waals surface area contributed by atoms with Gasteiger partial charge < -0.3 is 19.2 Å². The third kappa shape index (κ3) is 20.8. The van der Waals surface area contributed by atoms with Gasteiger partial charge in [0.05, 0.1) is 0 Å². The molecule has 0 unspecified atom stereocenters. The van der Waals surface area contributed by atoms with E-state index in [4.69, 9.17) is 0 Å². The monoisotopic (exact) mass is 297 g/mol. The summed E-state index contributed by atoms with van der Waals surface area (Å²) in [7, 11) is 0. The van der Waals surface area contributed by atoms with Gasteiger partial charge in [-0.05, 0) is 13.8 Å². The maximum atomic E-state index is 11.2. The topological polar surface area (TPSA) is 68.3 Å². The van der Waals surface area contributed by atoms with Gasteiger partial charge in [-0.1, -0.05) is 0 Å². The second-order valence-corrected chi connectivity index (χ2v) is 2.71. The molecule has 0 amide bonds. The van der Waals surface area contributed by atoms with Crippen molar-refractivity contribution in [2.45, 2.75) is 13.8 Å². The van der Waals surface area contributed by atoms with Gasteiger partial charge in [-0.15, -0.1) is 0 Å². The van der Waals surface area contributed by atoms with Crippen LogP contribution in [0.25, 0.3) is 0 Å². The van der Waals surface area contributed by atoms with Crippen LogP contribution >= 0.6 is 0 Å². The van der Waals surface area contributed by atoms with Crippen LogP contribution in [0, 0.1) is 12.8 Å². The van der Waals surface area contributed by atoms with Crippen molar-refractivity contribution in [3.63, 3.8) is 0 Å². The summed E-state index contributed by atoms with van der Waals surface area (Å²) < 4.78 is 22.4. The van der Waals surface area contributed by atoms with Crippen LogP contribution in [-0.2, 0) is 36.2 Å². The normalized spacial score (nSPS) is 7.76. The minimum absolute atomic E-state index is 0. The minimum Gasteiger partial charge on any atom is -0.334 e. The van der Waals surface area contributed by atoms with Crippen molar-refractivity contribution in [3.8, 4) is 0 Å². The third-order valence-corrected chi connectivity index (χ3v) is 0.992. The van der Waals surface area contributed by atoms with Gasteiger partial charge in [0, 0.05) is 23.1 Å². The quantitative estimate of drug-likeness (QED) is 0.410. The van der Waals surface area contributed by atoms with Crippen molar-refractivity contribution >= 4 is 23.1 Å². The molecule has 0 spiro atoms. The molecule has 0 saturated carbocycles. The van der Waals surface area contributed by atoms with Gasteiger partial charge in [-0.25, -0.2) is 8.78 Å². The van der Waals surface area contributed by atoms with Crippen LogP contribution in [0.15, 0.2) is 0 Å². The van der Waals surface area contributed by atoms with E-state index in [2.05, 4.69) is 0 Å². The average molecular weight is 298 g/mol. The summed E-state index contributed by atoms with van der Waals surface area (Å²) in [6.07, 6.45) is 1.47. The first-order chi connectivity index (χ1) is 7.33. The molecule has 0 aromatic carbocycles. The summed E-state index contributed by atoms with van der Waals surface area (Å²) in [5.74, 6) is -2.35. The summed E-state index contributed by atoms with van der Waals surface area (Å²) >= 11 is 0. The third-order valence-electron chi connectivity index (χ3n) is 0.992. The van der Waals surface area contributed by atoms with Gasteiger partial charge in [0.1, 0.15) is 13.3 Å². The average Bonchev–Trinajstić information content (AvgIpc) is 2.16. The van der Waals surface area contributed by atoms with E-state index >= 15 is 0 Å². The Labute approximate surface area is 109 Å². The molecular weight excluding hydrogens is 286 g/mol. The van der Waals surface area contributed by atoms with Crippen LogP contribution in [0.5, 0.6) is 0 Å². The van der Waals surface area contributed by atoms with E-state index in [1.165, 1.54) is 13.8 Å². The van der Waals surface area contributed by atoms with Gasteiger partial charge in [0.25, 0.3) is 0 Å². The number of rotatable bonds is 6. The first-order valence-corrected chi connectivity index (χ1v) is 4.21. The molecule has 17 heavy (non-hydrogen) atoms. The Morgan fingerprint density at radius 2 is 1.06 bits per heavy atom. The molecule has 0 aromatic rings. The maximum Gasteiger partial charge on any atom is 2.00 e. The summed E-state index contributed by atoms with van der Waals surface area (Å²) in [5.41, 5.74) is 0. The second-order valence-electron chi connectivity index (χ2n) is 2.71. The first-order valence-electron chi connectivity index (χ1n) is 4.21. The number of hydrogen-bond acceptors (Lipinski definition) is 4. The van der Waals surface area contributed by atoms with E-state index < -0.39 is 36.5 Å². The van der Waals surface area contributed by atoms with Crippen molar-refractivity contribution in [1.29, 1.82) is 0 Å². The molecule has 4 nitrogen and oxygen atoms in total. The Balaban J connectivity index is -0.000000218. The molecule has 1 radical (unpaired) electrons. The van der Waals surface area contributed by atoms with E-state index in [0.29, 0.717) is 0 Å². The zero-order valence-corrected chi connectivity index (χ0v) is 10.2. The molecule has 7 heteroatoms. The van der Waals surface area contributed by atoms with Crippen molar-refractivity contribution in [2.24, 2.45) is 0 Å². The molecule has 0 aromatic heterocycles. The largest absolute Gasteiger partial charge is 2.00 e. The molecule has 0 aliphatic carbocycles. The van der Waals surface area contributed by atoms with Crippen LogP contribution < -0.4 is 0 Å². The predicted molar refractivity (Wildman–Crippen MR) is 51.9 cm³/mol. The Morgan fingerprint density at radius 3 is 1.12 bits per heavy atom. The zero-order chi connectivity index (χ0) is 13.1. The Hall–Kier alpha value is -1.20. The SMILES string of the molecule is CC(=O)[CH-]C(=O)CF.CC(=O)[CH-]C(=O)CF.[Cu+2]. The number of alkyl halides is 2. The summed E-state index contributed by atoms with van der Waals surface area (Å²) in [6.45, 7) is 0.236. The molecule has 0 aliphatic rings. The van der Waals surface area contributed by atoms with Crippen LogP contribution in [0.4, 0.5) is 8.78 Å². The van der Waals surface area contributed by atoms with E-state index in [1.54, 1.807) is 0 Å². The van der Waals surface area contributed by atoms with Crippen molar-refractivity contribution in [2.75, 3.05) is 13.3 Å². The van der Waals surface area contributed by atoms with Gasteiger partial charge in [0.15, 0.2) is 0 Å². The molecule has 0 bridgehead atoms. The predicted octanol–water partition coefficient (Wildman–Crippen LogP) is 0.634. The molecule has 0 fully saturated rings. The number of hydrogen-bond donors (Lipinski definition) is 0. The summed E-state index contributed by atoms with van der Waals surface area (Å²) in [4.78, 5) is 39.9. The smallest absolute Gasteiger partial charge is 0.334 e. The molecule has 0 atom stereocenters. The first kappa shape index (κ1) is 21.1. The zero-order valence-electron chi connectivity index (χ0n) is 9.26. The molecule has 0 saturated heterocycles. The van der Waals surface area contributed by atoms with E-state index in [0.717, 1.165) is 12.8 Å². The number of carbonyl (C=O) groups is 4. The fourth-order valence-corrected chi connectivity index (χ4v) is 0.531. The number of ketones is 4. The van der Waals surface area contributed by atoms with Gasteiger partial charge in [-0.2, -0.15) is 0 Å². The molecular formula is C10H12CuF2O4. The Bertz CT molecular complexity index is 251. The van der Waals surface area contributed by atoms with E-state index in [9.17, 15) is 28.0 Å². The van der Waals surface area contributed by atoms with Crippen LogP contribution in [0.3, 0.4) is 0 Å². The van der Waals surface area contributed by atoms with Gasteiger partial charge >= 0.3 is 17.1 Å². The van der Waals surface area contributed by atoms with Gasteiger partial charge in [0.2, 0.25) is 0 Å². The summed E-state index contributed by atoms with van der Waals surface area (Å²) in [6, 6.07) is 0. The second kappa shape index (κ2) is 12.9. The van der Waals surface area contributed by atoms with E-state index in [-0.39, 0.29) is 17.1 Å². The van der Waals surface area contributed by atoms with Gasteiger partial charge in [-0.3, -0.25) is 12.8 Å².